The molecule has 1 aromatic rings. The van der Waals surface area contributed by atoms with Gasteiger partial charge in [-0.15, -0.1) is 11.3 Å². The van der Waals surface area contributed by atoms with E-state index in [9.17, 15) is 9.59 Å². The van der Waals surface area contributed by atoms with Gasteiger partial charge in [0.1, 0.15) is 0 Å². The van der Waals surface area contributed by atoms with Crippen molar-refractivity contribution in [3.05, 3.63) is 28.5 Å². The normalized spacial score (nSPS) is 18.2. The zero-order valence-electron chi connectivity index (χ0n) is 32.1. The second-order valence-corrected chi connectivity index (χ2v) is 21.4. The monoisotopic (exact) mass is 860 g/mol. The molecule has 2 unspecified atom stereocenters. The number of ether oxygens (including phenoxy) is 2. The molecule has 2 rings (SSSR count). The van der Waals surface area contributed by atoms with Gasteiger partial charge in [0.25, 0.3) is 0 Å². The summed E-state index contributed by atoms with van der Waals surface area (Å²) in [6, 6.07) is 4.03. The number of hydrogen-bond acceptors (Lipinski definition) is 6. The van der Waals surface area contributed by atoms with Crippen molar-refractivity contribution < 1.29 is 19.1 Å². The molecule has 0 bridgehead atoms. The first-order chi connectivity index (χ1) is 24.2. The average Bonchev–Trinajstić information content (AvgIpc) is 3.74. The smallest absolute Gasteiger partial charge is 0.330 e. The second-order valence-electron chi connectivity index (χ2n) is 14.7. The highest BCUT2D eigenvalue weighted by Crippen LogP contribution is 2.65. The number of hydrogen-bond donors (Lipinski definition) is 0. The van der Waals surface area contributed by atoms with E-state index in [0.717, 1.165) is 61.1 Å². The van der Waals surface area contributed by atoms with Crippen LogP contribution in [0.1, 0.15) is 187 Å². The van der Waals surface area contributed by atoms with Gasteiger partial charge in [0, 0.05) is 9.78 Å². The number of carbonyl (C=O) groups is 2. The molecule has 0 aliphatic carbocycles. The molecule has 1 aromatic heterocycles. The zero-order chi connectivity index (χ0) is 36.5. The first kappa shape index (κ1) is 45.8. The average molecular weight is 863 g/mol. The molecule has 0 amide bonds. The third kappa shape index (κ3) is 16.4. The van der Waals surface area contributed by atoms with Crippen molar-refractivity contribution in [3.63, 3.8) is 0 Å². The molecular weight excluding hydrogens is 792 g/mol. The van der Waals surface area contributed by atoms with Crippen LogP contribution < -0.4 is 0 Å². The lowest BCUT2D eigenvalue weighted by Gasteiger charge is -2.33. The predicted molar refractivity (Wildman–Crippen MR) is 225 cm³/mol. The maximum absolute atomic E-state index is 14.4. The highest BCUT2D eigenvalue weighted by atomic mass is 79.9. The minimum Gasteiger partial charge on any atom is -0.464 e. The molecule has 288 valence electrons. The van der Waals surface area contributed by atoms with Crippen LogP contribution in [0.3, 0.4) is 0 Å². The van der Waals surface area contributed by atoms with Crippen molar-refractivity contribution in [1.82, 2.24) is 0 Å². The maximum Gasteiger partial charge on any atom is 0.330 e. The SMILES string of the molecule is CCCCCCCCC(CCCCCC)COC(=O)C1(C(=O)OCC(CCCCCC)CCCCCCCC)C=C(c2cccs2)SC1(Br)Br. The Labute approximate surface area is 332 Å². The van der Waals surface area contributed by atoms with Gasteiger partial charge in [-0.05, 0) is 55.0 Å². The maximum atomic E-state index is 14.4. The van der Waals surface area contributed by atoms with Crippen molar-refractivity contribution in [2.75, 3.05) is 13.2 Å². The Morgan fingerprint density at radius 3 is 1.38 bits per heavy atom. The minimum atomic E-state index is -1.64. The van der Waals surface area contributed by atoms with Gasteiger partial charge in [0.2, 0.25) is 5.41 Å². The third-order valence-corrected chi connectivity index (χ3v) is 14.6. The number of halogens is 2. The van der Waals surface area contributed by atoms with Gasteiger partial charge in [-0.1, -0.05) is 206 Å². The summed E-state index contributed by atoms with van der Waals surface area (Å²) in [4.78, 5) is 30.7. The van der Waals surface area contributed by atoms with Crippen LogP contribution in [0.2, 0.25) is 0 Å². The van der Waals surface area contributed by atoms with Gasteiger partial charge in [-0.2, -0.15) is 0 Å². The van der Waals surface area contributed by atoms with Gasteiger partial charge in [-0.25, -0.2) is 0 Å². The van der Waals surface area contributed by atoms with E-state index < -0.39 is 19.9 Å². The summed E-state index contributed by atoms with van der Waals surface area (Å²) in [7, 11) is 0. The van der Waals surface area contributed by atoms with Crippen molar-refractivity contribution in [3.8, 4) is 0 Å². The van der Waals surface area contributed by atoms with Crippen LogP contribution in [0.4, 0.5) is 0 Å². The van der Waals surface area contributed by atoms with Gasteiger partial charge in [-0.3, -0.25) is 9.59 Å². The molecule has 2 atom stereocenters. The van der Waals surface area contributed by atoms with Crippen LogP contribution in [0, 0.1) is 17.3 Å². The summed E-state index contributed by atoms with van der Waals surface area (Å²) in [5.74, 6) is -0.441. The number of unbranched alkanes of at least 4 members (excludes halogenated alkanes) is 16. The summed E-state index contributed by atoms with van der Waals surface area (Å²) >= 11 is 10.7. The molecule has 1 aliphatic rings. The molecule has 0 N–H and O–H groups in total. The van der Waals surface area contributed by atoms with E-state index in [1.165, 1.54) is 114 Å². The van der Waals surface area contributed by atoms with Crippen molar-refractivity contribution in [1.29, 1.82) is 0 Å². The minimum absolute atomic E-state index is 0.301. The fourth-order valence-corrected chi connectivity index (χ4v) is 10.8. The number of thioether (sulfide) groups is 1. The largest absolute Gasteiger partial charge is 0.464 e. The number of thiophene rings is 1. The van der Waals surface area contributed by atoms with Gasteiger partial charge in [0.15, 0.2) is 2.57 Å². The topological polar surface area (TPSA) is 52.6 Å². The molecule has 0 spiro atoms. The molecule has 0 aromatic carbocycles. The molecule has 8 heteroatoms. The highest BCUT2D eigenvalue weighted by molar-refractivity contribution is 9.28. The molecule has 0 saturated carbocycles. The first-order valence-electron chi connectivity index (χ1n) is 20.4. The van der Waals surface area contributed by atoms with Gasteiger partial charge >= 0.3 is 11.9 Å². The van der Waals surface area contributed by atoms with Gasteiger partial charge in [0.05, 0.1) is 13.2 Å². The molecule has 0 fully saturated rings. The Bertz CT molecular complexity index is 1010. The fraction of sp³-hybridized carbons (Fsp3) is 0.810. The Morgan fingerprint density at radius 2 is 1.00 bits per heavy atom. The Kier molecular flexibility index (Phi) is 25.0. The van der Waals surface area contributed by atoms with Crippen LogP contribution >= 0.6 is 55.0 Å². The number of carbonyl (C=O) groups excluding carboxylic acids is 2. The summed E-state index contributed by atoms with van der Waals surface area (Å²) in [5, 5.41) is 2.02. The number of esters is 2. The van der Waals surface area contributed by atoms with Crippen LogP contribution in [0.5, 0.6) is 0 Å². The van der Waals surface area contributed by atoms with E-state index in [1.807, 2.05) is 23.6 Å². The summed E-state index contributed by atoms with van der Waals surface area (Å²) in [6.07, 6.45) is 30.6. The molecule has 4 nitrogen and oxygen atoms in total. The lowest BCUT2D eigenvalue weighted by atomic mass is 9.89. The van der Waals surface area contributed by atoms with E-state index in [2.05, 4.69) is 59.6 Å². The van der Waals surface area contributed by atoms with E-state index in [-0.39, 0.29) is 0 Å². The van der Waals surface area contributed by atoms with Crippen molar-refractivity contribution >= 4 is 71.8 Å². The van der Waals surface area contributed by atoms with Crippen LogP contribution in [-0.4, -0.2) is 27.7 Å². The van der Waals surface area contributed by atoms with Crippen molar-refractivity contribution in [2.45, 2.75) is 184 Å². The molecule has 0 radical (unpaired) electrons. The predicted octanol–water partition coefficient (Wildman–Crippen LogP) is 15.0. The molecule has 2 heterocycles. The van der Waals surface area contributed by atoms with Crippen LogP contribution in [-0.2, 0) is 19.1 Å². The lowest BCUT2D eigenvalue weighted by molar-refractivity contribution is -0.169. The molecule has 1 aliphatic heterocycles. The Morgan fingerprint density at radius 1 is 0.620 bits per heavy atom. The van der Waals surface area contributed by atoms with Crippen LogP contribution in [0.25, 0.3) is 4.91 Å². The highest BCUT2D eigenvalue weighted by Gasteiger charge is 2.65. The molecular formula is C42H70Br2O4S2. The lowest BCUT2D eigenvalue weighted by Crippen LogP contribution is -2.49. The third-order valence-electron chi connectivity index (χ3n) is 10.2. The van der Waals surface area contributed by atoms with E-state index in [4.69, 9.17) is 9.47 Å². The summed E-state index contributed by atoms with van der Waals surface area (Å²) in [5.41, 5.74) is -1.64. The summed E-state index contributed by atoms with van der Waals surface area (Å²) < 4.78 is 11.3. The zero-order valence-corrected chi connectivity index (χ0v) is 36.9. The van der Waals surface area contributed by atoms with Gasteiger partial charge < -0.3 is 9.47 Å². The van der Waals surface area contributed by atoms with Crippen LogP contribution in [0.15, 0.2) is 23.6 Å². The standard InChI is InChI=1S/C42H70Br2O4S2/c1-5-9-13-17-19-23-28-35(26-21-15-11-7-3)33-47-39(45)41(32-38(50-42(41,43)44)37-30-25-31-49-37)40(46)48-34-36(27-22-16-12-8-4)29-24-20-18-14-10-6-2/h25,30-32,35-36H,5-24,26-29,33-34H2,1-4H3. The summed E-state index contributed by atoms with van der Waals surface area (Å²) in [6.45, 7) is 9.67. The van der Waals surface area contributed by atoms with E-state index >= 15 is 0 Å². The number of alkyl halides is 2. The van der Waals surface area contributed by atoms with Crippen molar-refractivity contribution in [2.24, 2.45) is 17.3 Å². The Hall–Kier alpha value is -0.310. The Balaban J connectivity index is 2.22. The van der Waals surface area contributed by atoms with E-state index in [1.54, 1.807) is 11.3 Å². The second kappa shape index (κ2) is 27.3. The first-order valence-corrected chi connectivity index (χ1v) is 23.7. The number of rotatable bonds is 31. The molecule has 50 heavy (non-hydrogen) atoms. The quantitative estimate of drug-likeness (QED) is 0.0322. The fourth-order valence-electron chi connectivity index (χ4n) is 6.89. The van der Waals surface area contributed by atoms with E-state index in [0.29, 0.717) is 25.0 Å². The molecule has 0 saturated heterocycles.